The number of aryl methyl sites for hydroxylation is 1. The first-order chi connectivity index (χ1) is 11.3. The summed E-state index contributed by atoms with van der Waals surface area (Å²) in [6.45, 7) is 0.127. The van der Waals surface area contributed by atoms with Gasteiger partial charge in [0.25, 0.3) is 11.5 Å². The SMILES string of the molecule is Cn1nc(CNC(=O)c2ccc(C(F)(F)F)c(=O)[nH]2)cc1C1CC1. The number of amides is 1. The number of hydrogen-bond acceptors (Lipinski definition) is 3. The molecular formula is C15H15F3N4O2. The molecule has 3 rings (SSSR count). The van der Waals surface area contributed by atoms with Crippen LogP contribution in [0.25, 0.3) is 0 Å². The van der Waals surface area contributed by atoms with Crippen molar-refractivity contribution in [3.05, 3.63) is 51.2 Å². The highest BCUT2D eigenvalue weighted by Gasteiger charge is 2.34. The second-order valence-corrected chi connectivity index (χ2v) is 5.75. The van der Waals surface area contributed by atoms with Gasteiger partial charge in [-0.15, -0.1) is 0 Å². The predicted octanol–water partition coefficient (Wildman–Crippen LogP) is 1.93. The zero-order valence-corrected chi connectivity index (χ0v) is 12.8. The molecule has 128 valence electrons. The smallest absolute Gasteiger partial charge is 0.345 e. The lowest BCUT2D eigenvalue weighted by atomic mass is 10.2. The Bertz CT molecular complexity index is 834. The minimum atomic E-state index is -4.75. The molecule has 0 radical (unpaired) electrons. The van der Waals surface area contributed by atoms with Crippen molar-refractivity contribution in [1.29, 1.82) is 0 Å². The number of carbonyl (C=O) groups is 1. The third-order valence-corrected chi connectivity index (χ3v) is 3.85. The Morgan fingerprint density at radius 3 is 2.71 bits per heavy atom. The second kappa shape index (κ2) is 5.81. The zero-order valence-electron chi connectivity index (χ0n) is 12.8. The molecule has 0 saturated heterocycles. The molecule has 1 saturated carbocycles. The molecule has 1 aliphatic rings. The summed E-state index contributed by atoms with van der Waals surface area (Å²) in [6, 6.07) is 3.43. The fourth-order valence-corrected chi connectivity index (χ4v) is 2.49. The molecule has 0 atom stereocenters. The average molecular weight is 340 g/mol. The van der Waals surface area contributed by atoms with Gasteiger partial charge in [-0.2, -0.15) is 18.3 Å². The van der Waals surface area contributed by atoms with Crippen molar-refractivity contribution in [2.75, 3.05) is 0 Å². The average Bonchev–Trinajstić information content (AvgIpc) is 3.27. The van der Waals surface area contributed by atoms with Crippen LogP contribution in [0.1, 0.15) is 46.2 Å². The summed E-state index contributed by atoms with van der Waals surface area (Å²) in [5, 5.41) is 6.82. The summed E-state index contributed by atoms with van der Waals surface area (Å²) < 4.78 is 39.4. The van der Waals surface area contributed by atoms with Gasteiger partial charge in [-0.3, -0.25) is 14.3 Å². The number of aromatic nitrogens is 3. The third kappa shape index (κ3) is 3.34. The number of nitrogens with one attached hydrogen (secondary N) is 2. The van der Waals surface area contributed by atoms with Gasteiger partial charge in [0.1, 0.15) is 11.3 Å². The van der Waals surface area contributed by atoms with E-state index < -0.39 is 23.2 Å². The molecule has 24 heavy (non-hydrogen) atoms. The minimum Gasteiger partial charge on any atom is -0.345 e. The Morgan fingerprint density at radius 1 is 1.42 bits per heavy atom. The van der Waals surface area contributed by atoms with Crippen molar-refractivity contribution in [3.8, 4) is 0 Å². The maximum absolute atomic E-state index is 12.5. The monoisotopic (exact) mass is 340 g/mol. The van der Waals surface area contributed by atoms with Gasteiger partial charge in [0, 0.05) is 18.7 Å². The lowest BCUT2D eigenvalue weighted by Gasteiger charge is -2.07. The van der Waals surface area contributed by atoms with Crippen molar-refractivity contribution < 1.29 is 18.0 Å². The van der Waals surface area contributed by atoms with Gasteiger partial charge < -0.3 is 10.3 Å². The Balaban J connectivity index is 1.68. The van der Waals surface area contributed by atoms with Crippen molar-refractivity contribution in [1.82, 2.24) is 20.1 Å². The van der Waals surface area contributed by atoms with E-state index in [1.54, 1.807) is 4.68 Å². The third-order valence-electron chi connectivity index (χ3n) is 3.85. The number of H-pyrrole nitrogens is 1. The maximum atomic E-state index is 12.5. The largest absolute Gasteiger partial charge is 0.421 e. The van der Waals surface area contributed by atoms with Crippen LogP contribution in [0.4, 0.5) is 13.2 Å². The molecule has 0 spiro atoms. The van der Waals surface area contributed by atoms with Crippen LogP contribution in [-0.2, 0) is 19.8 Å². The van der Waals surface area contributed by atoms with Crippen LogP contribution >= 0.6 is 0 Å². The Hall–Kier alpha value is -2.58. The number of nitrogens with zero attached hydrogens (tertiary/aromatic N) is 2. The molecule has 2 aromatic heterocycles. The lowest BCUT2D eigenvalue weighted by molar-refractivity contribution is -0.138. The summed E-state index contributed by atoms with van der Waals surface area (Å²) in [4.78, 5) is 25.3. The first kappa shape index (κ1) is 16.3. The van der Waals surface area contributed by atoms with Crippen LogP contribution in [0.15, 0.2) is 23.0 Å². The highest BCUT2D eigenvalue weighted by molar-refractivity contribution is 5.92. The number of aromatic amines is 1. The molecule has 2 aromatic rings. The number of hydrogen-bond donors (Lipinski definition) is 2. The van der Waals surface area contributed by atoms with E-state index in [0.717, 1.165) is 24.6 Å². The van der Waals surface area contributed by atoms with Crippen LogP contribution in [0, 0.1) is 0 Å². The van der Waals surface area contributed by atoms with Gasteiger partial charge in [0.05, 0.1) is 12.2 Å². The van der Waals surface area contributed by atoms with Crippen LogP contribution in [0.5, 0.6) is 0 Å². The van der Waals surface area contributed by atoms with Gasteiger partial charge in [0.15, 0.2) is 0 Å². The van der Waals surface area contributed by atoms with Gasteiger partial charge >= 0.3 is 6.18 Å². The zero-order chi connectivity index (χ0) is 17.5. The van der Waals surface area contributed by atoms with Crippen molar-refractivity contribution in [2.24, 2.45) is 7.05 Å². The molecule has 0 unspecified atom stereocenters. The number of rotatable bonds is 4. The Labute approximate surface area is 134 Å². The normalized spacial score (nSPS) is 14.7. The number of halogens is 3. The molecule has 0 aromatic carbocycles. The molecule has 0 bridgehead atoms. The standard InChI is InChI=1S/C15H15F3N4O2/c1-22-12(8-2-3-8)6-9(21-22)7-19-14(24)11-5-4-10(13(23)20-11)15(16,17)18/h4-6,8H,2-3,7H2,1H3,(H,19,24)(H,20,23). The highest BCUT2D eigenvalue weighted by atomic mass is 19.4. The molecule has 1 amide bonds. The van der Waals surface area contributed by atoms with E-state index in [9.17, 15) is 22.8 Å². The van der Waals surface area contributed by atoms with Gasteiger partial charge in [-0.25, -0.2) is 0 Å². The van der Waals surface area contributed by atoms with E-state index in [1.807, 2.05) is 18.1 Å². The molecule has 0 aliphatic heterocycles. The number of carbonyl (C=O) groups excluding carboxylic acids is 1. The van der Waals surface area contributed by atoms with E-state index in [0.29, 0.717) is 17.7 Å². The molecule has 6 nitrogen and oxygen atoms in total. The summed E-state index contributed by atoms with van der Waals surface area (Å²) in [5.74, 6) is -0.155. The fourth-order valence-electron chi connectivity index (χ4n) is 2.49. The topological polar surface area (TPSA) is 79.8 Å². The van der Waals surface area contributed by atoms with Crippen molar-refractivity contribution >= 4 is 5.91 Å². The van der Waals surface area contributed by atoms with Gasteiger partial charge in [0.2, 0.25) is 0 Å². The lowest BCUT2D eigenvalue weighted by Crippen LogP contribution is -2.28. The maximum Gasteiger partial charge on any atom is 0.421 e. The molecule has 1 fully saturated rings. The molecule has 1 aliphatic carbocycles. The van der Waals surface area contributed by atoms with Crippen LogP contribution < -0.4 is 10.9 Å². The summed E-state index contributed by atoms with van der Waals surface area (Å²) in [5.41, 5.74) is -1.16. The summed E-state index contributed by atoms with van der Waals surface area (Å²) >= 11 is 0. The Morgan fingerprint density at radius 2 is 2.12 bits per heavy atom. The molecule has 2 heterocycles. The number of pyridine rings is 1. The van der Waals surface area contributed by atoms with Gasteiger partial charge in [-0.05, 0) is 31.0 Å². The van der Waals surface area contributed by atoms with Crippen molar-refractivity contribution in [3.63, 3.8) is 0 Å². The molecule has 2 N–H and O–H groups in total. The molecule has 9 heteroatoms. The van der Waals surface area contributed by atoms with E-state index in [4.69, 9.17) is 0 Å². The van der Waals surface area contributed by atoms with Crippen LogP contribution in [0.3, 0.4) is 0 Å². The van der Waals surface area contributed by atoms with E-state index >= 15 is 0 Å². The van der Waals surface area contributed by atoms with Crippen LogP contribution in [0.2, 0.25) is 0 Å². The first-order valence-corrected chi connectivity index (χ1v) is 7.37. The highest BCUT2D eigenvalue weighted by Crippen LogP contribution is 2.39. The number of alkyl halides is 3. The molecular weight excluding hydrogens is 325 g/mol. The second-order valence-electron chi connectivity index (χ2n) is 5.75. The van der Waals surface area contributed by atoms with Gasteiger partial charge in [-0.1, -0.05) is 0 Å². The quantitative estimate of drug-likeness (QED) is 0.893. The predicted molar refractivity (Wildman–Crippen MR) is 78.4 cm³/mol. The van der Waals surface area contributed by atoms with Crippen molar-refractivity contribution in [2.45, 2.75) is 31.5 Å². The van der Waals surface area contributed by atoms with Crippen LogP contribution in [-0.4, -0.2) is 20.7 Å². The minimum absolute atomic E-state index is 0.127. The first-order valence-electron chi connectivity index (χ1n) is 7.37. The van der Waals surface area contributed by atoms with E-state index in [2.05, 4.69) is 10.4 Å². The van der Waals surface area contributed by atoms with E-state index in [1.165, 1.54) is 0 Å². The fraction of sp³-hybridized carbons (Fsp3) is 0.400. The Kier molecular flexibility index (Phi) is 3.94. The van der Waals surface area contributed by atoms with E-state index in [-0.39, 0.29) is 12.2 Å². The summed E-state index contributed by atoms with van der Waals surface area (Å²) in [6.07, 6.45) is -2.51. The summed E-state index contributed by atoms with van der Waals surface area (Å²) in [7, 11) is 1.83.